The third-order valence-corrected chi connectivity index (χ3v) is 11.0. The molecular formula is C50H96N2O8. The maximum absolute atomic E-state index is 13.0. The summed E-state index contributed by atoms with van der Waals surface area (Å²) in [6.45, 7) is 18.5. The molecule has 0 aromatic carbocycles. The molecule has 0 heterocycles. The number of ether oxygens (including phenoxy) is 4. The van der Waals surface area contributed by atoms with Crippen LogP contribution in [0.2, 0.25) is 0 Å². The van der Waals surface area contributed by atoms with Crippen LogP contribution in [0, 0.1) is 5.92 Å². The highest BCUT2D eigenvalue weighted by molar-refractivity contribution is 5.94. The van der Waals surface area contributed by atoms with Gasteiger partial charge in [-0.1, -0.05) is 143 Å². The number of carbonyl (C=O) groups is 4. The first kappa shape index (κ1) is 57.6. The molecular weight excluding hydrogens is 757 g/mol. The monoisotopic (exact) mass is 853 g/mol. The van der Waals surface area contributed by atoms with E-state index in [2.05, 4.69) is 37.9 Å². The quantitative estimate of drug-likeness (QED) is 0.0277. The summed E-state index contributed by atoms with van der Waals surface area (Å²) in [5, 5.41) is 2.89. The van der Waals surface area contributed by atoms with Crippen LogP contribution < -0.4 is 5.32 Å². The van der Waals surface area contributed by atoms with Gasteiger partial charge >= 0.3 is 24.0 Å². The minimum absolute atomic E-state index is 0.0249. The smallest absolute Gasteiger partial charge is 0.407 e. The molecule has 0 saturated heterocycles. The van der Waals surface area contributed by atoms with Gasteiger partial charge in [-0.3, -0.25) is 14.4 Å². The highest BCUT2D eigenvalue weighted by atomic mass is 16.6. The normalized spacial score (nSPS) is 11.7. The molecule has 0 atom stereocenters. The number of unbranched alkanes of at least 4 members (excludes halogenated alkanes) is 19. The Balaban J connectivity index is 4.88. The van der Waals surface area contributed by atoms with Gasteiger partial charge in [0.1, 0.15) is 11.7 Å². The lowest BCUT2D eigenvalue weighted by Crippen LogP contribution is -2.35. The van der Waals surface area contributed by atoms with Crippen molar-refractivity contribution < 1.29 is 38.1 Å². The number of amides is 1. The molecule has 0 fully saturated rings. The van der Waals surface area contributed by atoms with Crippen LogP contribution in [0.25, 0.3) is 0 Å². The Hall–Kier alpha value is -2.36. The number of nitrogens with zero attached hydrogens (tertiary/aromatic N) is 1. The second-order valence-electron chi connectivity index (χ2n) is 18.2. The first-order valence-electron chi connectivity index (χ1n) is 25.2. The van der Waals surface area contributed by atoms with Crippen LogP contribution in [0.15, 0.2) is 0 Å². The molecule has 1 N–H and O–H groups in total. The van der Waals surface area contributed by atoms with Crippen LogP contribution in [-0.2, 0) is 33.3 Å². The molecule has 0 aromatic heterocycles. The fraction of sp³-hybridized carbons (Fsp3) is 0.920. The maximum Gasteiger partial charge on any atom is 0.407 e. The number of rotatable bonds is 42. The van der Waals surface area contributed by atoms with Gasteiger partial charge < -0.3 is 29.2 Å². The fourth-order valence-corrected chi connectivity index (χ4v) is 7.36. The second-order valence-corrected chi connectivity index (χ2v) is 18.2. The van der Waals surface area contributed by atoms with Crippen molar-refractivity contribution >= 4 is 24.0 Å². The van der Waals surface area contributed by atoms with E-state index in [1.165, 1.54) is 38.5 Å². The van der Waals surface area contributed by atoms with Crippen molar-refractivity contribution in [1.82, 2.24) is 10.2 Å². The number of esters is 3. The van der Waals surface area contributed by atoms with Gasteiger partial charge in [-0.25, -0.2) is 4.79 Å². The first-order valence-corrected chi connectivity index (χ1v) is 25.2. The van der Waals surface area contributed by atoms with E-state index in [4.69, 9.17) is 18.9 Å². The molecule has 0 aliphatic heterocycles. The van der Waals surface area contributed by atoms with Crippen LogP contribution in [-0.4, -0.2) is 80.0 Å². The van der Waals surface area contributed by atoms with Gasteiger partial charge in [0.05, 0.1) is 13.2 Å². The van der Waals surface area contributed by atoms with Crippen LogP contribution in [0.1, 0.15) is 241 Å². The molecule has 0 aliphatic carbocycles. The van der Waals surface area contributed by atoms with Gasteiger partial charge in [0.25, 0.3) is 0 Å². The lowest BCUT2D eigenvalue weighted by molar-refractivity contribution is -0.162. The summed E-state index contributed by atoms with van der Waals surface area (Å²) in [4.78, 5) is 53.3. The largest absolute Gasteiger partial charge is 0.465 e. The molecule has 0 unspecified atom stereocenters. The van der Waals surface area contributed by atoms with Crippen LogP contribution >= 0.6 is 0 Å². The van der Waals surface area contributed by atoms with Crippen molar-refractivity contribution in [3.05, 3.63) is 0 Å². The molecule has 0 aliphatic rings. The number of hydrogen-bond donors (Lipinski definition) is 1. The van der Waals surface area contributed by atoms with E-state index in [0.29, 0.717) is 32.6 Å². The van der Waals surface area contributed by atoms with Gasteiger partial charge in [-0.15, -0.1) is 0 Å². The Morgan fingerprint density at radius 3 is 1.42 bits per heavy atom. The molecule has 0 radical (unpaired) electrons. The summed E-state index contributed by atoms with van der Waals surface area (Å²) in [5.74, 6) is -1.75. The molecule has 0 rings (SSSR count). The standard InChI is InChI=1S/C50H96N2O8/c1-8-12-16-25-34-44(35-26-17-13-9-2)59-46(53)37-28-21-20-23-29-39-52(41-33-38-51-49(56)60-50(5,6)7)40-30-24-22-27-36-45(47(54)57-42-31-18-14-10-3)48(55)58-43-32-19-15-11-4/h44-45H,8-43H2,1-7H3,(H,51,56). The zero-order valence-electron chi connectivity index (χ0n) is 40.3. The zero-order chi connectivity index (χ0) is 44.5. The van der Waals surface area contributed by atoms with E-state index < -0.39 is 23.5 Å². The Morgan fingerprint density at radius 2 is 0.917 bits per heavy atom. The average Bonchev–Trinajstić information content (AvgIpc) is 3.20. The molecule has 0 bridgehead atoms. The minimum Gasteiger partial charge on any atom is -0.465 e. The summed E-state index contributed by atoms with van der Waals surface area (Å²) in [7, 11) is 0. The van der Waals surface area contributed by atoms with Crippen molar-refractivity contribution in [2.24, 2.45) is 5.92 Å². The number of carbonyl (C=O) groups excluding carboxylic acids is 4. The Bertz CT molecular complexity index is 994. The van der Waals surface area contributed by atoms with Crippen LogP contribution in [0.3, 0.4) is 0 Å². The lowest BCUT2D eigenvalue weighted by atomic mass is 10.0. The van der Waals surface area contributed by atoms with Crippen molar-refractivity contribution in [3.63, 3.8) is 0 Å². The molecule has 10 heteroatoms. The van der Waals surface area contributed by atoms with E-state index in [0.717, 1.165) is 161 Å². The summed E-state index contributed by atoms with van der Waals surface area (Å²) < 4.78 is 22.5. The van der Waals surface area contributed by atoms with Gasteiger partial charge in [-0.2, -0.15) is 0 Å². The topological polar surface area (TPSA) is 120 Å². The zero-order valence-corrected chi connectivity index (χ0v) is 40.3. The van der Waals surface area contributed by atoms with Crippen molar-refractivity contribution in [3.8, 4) is 0 Å². The van der Waals surface area contributed by atoms with Crippen molar-refractivity contribution in [2.75, 3.05) is 39.4 Å². The van der Waals surface area contributed by atoms with E-state index in [1.54, 1.807) is 0 Å². The molecule has 0 spiro atoms. The Labute approximate surface area is 369 Å². The van der Waals surface area contributed by atoms with Crippen molar-refractivity contribution in [1.29, 1.82) is 0 Å². The van der Waals surface area contributed by atoms with Gasteiger partial charge in [0.2, 0.25) is 0 Å². The van der Waals surface area contributed by atoms with E-state index in [9.17, 15) is 19.2 Å². The molecule has 60 heavy (non-hydrogen) atoms. The molecule has 0 aromatic rings. The third-order valence-electron chi connectivity index (χ3n) is 11.0. The lowest BCUT2D eigenvalue weighted by Gasteiger charge is -2.23. The first-order chi connectivity index (χ1) is 29.0. The number of alkyl carbamates (subject to hydrolysis) is 1. The van der Waals surface area contributed by atoms with Crippen molar-refractivity contribution in [2.45, 2.75) is 253 Å². The Kier molecular flexibility index (Phi) is 39.1. The van der Waals surface area contributed by atoms with Crippen LogP contribution in [0.5, 0.6) is 0 Å². The van der Waals surface area contributed by atoms with Gasteiger partial charge in [0, 0.05) is 13.0 Å². The second kappa shape index (κ2) is 40.7. The fourth-order valence-electron chi connectivity index (χ4n) is 7.36. The molecule has 354 valence electrons. The summed E-state index contributed by atoms with van der Waals surface area (Å²) in [6.07, 6.45) is 30.2. The van der Waals surface area contributed by atoms with E-state index in [1.807, 2.05) is 20.8 Å². The molecule has 0 saturated carbocycles. The molecule has 10 nitrogen and oxygen atoms in total. The number of nitrogens with one attached hydrogen (secondary N) is 1. The maximum atomic E-state index is 13.0. The predicted molar refractivity (Wildman–Crippen MR) is 247 cm³/mol. The van der Waals surface area contributed by atoms with Gasteiger partial charge in [0.15, 0.2) is 5.92 Å². The summed E-state index contributed by atoms with van der Waals surface area (Å²) in [6, 6.07) is 0. The number of hydrogen-bond acceptors (Lipinski definition) is 9. The summed E-state index contributed by atoms with van der Waals surface area (Å²) >= 11 is 0. The minimum atomic E-state index is -0.848. The molecule has 1 amide bonds. The van der Waals surface area contributed by atoms with E-state index in [-0.39, 0.29) is 18.2 Å². The predicted octanol–water partition coefficient (Wildman–Crippen LogP) is 13.2. The summed E-state index contributed by atoms with van der Waals surface area (Å²) in [5.41, 5.74) is -0.524. The van der Waals surface area contributed by atoms with E-state index >= 15 is 0 Å². The van der Waals surface area contributed by atoms with Gasteiger partial charge in [-0.05, 0) is 111 Å². The SMILES string of the molecule is CCCCCCOC(=O)C(CCCCCCN(CCCCCCCC(=O)OC(CCCCCC)CCCCCC)CCCNC(=O)OC(C)(C)C)C(=O)OCCCCCC. The highest BCUT2D eigenvalue weighted by Gasteiger charge is 2.29. The Morgan fingerprint density at radius 1 is 0.500 bits per heavy atom. The highest BCUT2D eigenvalue weighted by Crippen LogP contribution is 2.19. The third kappa shape index (κ3) is 37.4. The average molecular weight is 853 g/mol. The van der Waals surface area contributed by atoms with Crippen LogP contribution in [0.4, 0.5) is 4.79 Å².